The molecule has 4 heterocycles. The van der Waals surface area contributed by atoms with Gasteiger partial charge in [-0.1, -0.05) is 56.8 Å². The van der Waals surface area contributed by atoms with Crippen LogP contribution in [0.3, 0.4) is 0 Å². The molecular formula is C101H113Br2ClF2I5N15O5. The second-order valence-corrected chi connectivity index (χ2v) is 40.8. The summed E-state index contributed by atoms with van der Waals surface area (Å²) < 4.78 is 35.1. The van der Waals surface area contributed by atoms with Gasteiger partial charge in [0, 0.05) is 125 Å². The van der Waals surface area contributed by atoms with Crippen molar-refractivity contribution in [2.75, 3.05) is 132 Å². The van der Waals surface area contributed by atoms with Crippen molar-refractivity contribution < 1.29 is 32.8 Å². The predicted octanol–water partition coefficient (Wildman–Crippen LogP) is 24.3. The summed E-state index contributed by atoms with van der Waals surface area (Å²) >= 11 is 24.5. The second-order valence-electron chi connectivity index (χ2n) is 32.3. The van der Waals surface area contributed by atoms with Gasteiger partial charge in [0.05, 0.1) is 56.3 Å². The number of hydrogen-bond acceptors (Lipinski definition) is 15. The van der Waals surface area contributed by atoms with Crippen LogP contribution in [-0.4, -0.2) is 160 Å². The molecule has 3 aliphatic rings. The van der Waals surface area contributed by atoms with Crippen LogP contribution in [-0.2, 0) is 13.0 Å². The maximum atomic E-state index is 13.7. The van der Waals surface area contributed by atoms with Gasteiger partial charge >= 0.3 is 0 Å². The van der Waals surface area contributed by atoms with Gasteiger partial charge in [0.15, 0.2) is 0 Å². The lowest BCUT2D eigenvalue weighted by molar-refractivity contribution is 0.0940. The second kappa shape index (κ2) is 54.7. The molecule has 692 valence electrons. The highest BCUT2D eigenvalue weighted by Crippen LogP contribution is 2.34. The van der Waals surface area contributed by atoms with Crippen LogP contribution in [0.1, 0.15) is 143 Å². The minimum Gasteiger partial charge on any atom is -0.355 e. The van der Waals surface area contributed by atoms with Crippen LogP contribution in [0.4, 0.5) is 65.7 Å². The number of aromatic nitrogens is 1. The molecule has 3 fully saturated rings. The lowest BCUT2D eigenvalue weighted by atomic mass is 10.1. The number of rotatable bonds is 31. The molecule has 14 rings (SSSR count). The van der Waals surface area contributed by atoms with Crippen molar-refractivity contribution >= 4 is 243 Å². The van der Waals surface area contributed by atoms with E-state index in [1.807, 2.05) is 132 Å². The summed E-state index contributed by atoms with van der Waals surface area (Å²) in [6.45, 7) is 23.5. The lowest BCUT2D eigenvalue weighted by Crippen LogP contribution is -2.37. The van der Waals surface area contributed by atoms with E-state index in [0.29, 0.717) is 71.4 Å². The van der Waals surface area contributed by atoms with Gasteiger partial charge < -0.3 is 72.8 Å². The smallest absolute Gasteiger partial charge is 0.253 e. The number of benzene rings is 10. The third-order valence-corrected chi connectivity index (χ3v) is 26.5. The van der Waals surface area contributed by atoms with E-state index in [4.69, 9.17) is 11.6 Å². The molecule has 30 heteroatoms. The van der Waals surface area contributed by atoms with Crippen LogP contribution in [0, 0.1) is 57.2 Å². The van der Waals surface area contributed by atoms with E-state index < -0.39 is 11.6 Å². The fourth-order valence-corrected chi connectivity index (χ4v) is 18.8. The number of aryl methyl sites for hydroxylation is 5. The Balaban J connectivity index is 0.000000170. The summed E-state index contributed by atoms with van der Waals surface area (Å²) in [5.74, 6) is -1.67. The summed E-state index contributed by atoms with van der Waals surface area (Å²) in [6.07, 6.45) is 14.0. The fraction of sp³-hybridized carbons (Fsp3) is 0.307. The number of pyridine rings is 1. The maximum absolute atomic E-state index is 13.7. The zero-order valence-corrected chi connectivity index (χ0v) is 89.4. The monoisotopic (exact) mass is 2480 g/mol. The summed E-state index contributed by atoms with van der Waals surface area (Å²) in [5.41, 5.74) is 17.4. The quantitative estimate of drug-likeness (QED) is 0.0144. The van der Waals surface area contributed by atoms with Gasteiger partial charge in [-0.2, -0.15) is 0 Å². The van der Waals surface area contributed by atoms with Crippen LogP contribution < -0.4 is 53.2 Å². The van der Waals surface area contributed by atoms with Crippen molar-refractivity contribution in [2.24, 2.45) is 0 Å². The first-order valence-electron chi connectivity index (χ1n) is 43.8. The molecule has 5 amide bonds. The number of hydrogen-bond donors (Lipinski definition) is 10. The SMILES string of the molecule is CCc1cc(I)ccc1Nc1ccc(Br)cc1C(=O)NCCN1CCCC1.Cc1cc(I)ccc1Nc1ccc(Br)cc1C(=O)NCCN1CCCCC1.Cc1cc(I)ccc1Nc1ccc(Cl)cc1C(=O)NCCCN(C)C.Cc1cc(I)ccc1Nc1ccc(F)cc1C(=O)NCCN1CCCC1.Cc1cc(I)ccc1Nc1ccc(F)cc1C(=O)NCc1ccncc1. The Labute approximate surface area is 859 Å². The first-order chi connectivity index (χ1) is 63.0. The van der Waals surface area contributed by atoms with Crippen molar-refractivity contribution in [2.45, 2.75) is 99.0 Å². The van der Waals surface area contributed by atoms with Crippen molar-refractivity contribution in [3.63, 3.8) is 0 Å². The topological polar surface area (TPSA) is 232 Å². The van der Waals surface area contributed by atoms with E-state index in [0.717, 1.165) is 168 Å². The Morgan fingerprint density at radius 1 is 0.374 bits per heavy atom. The number of likely N-dealkylation sites (tertiary alicyclic amines) is 3. The zero-order chi connectivity index (χ0) is 93.9. The highest BCUT2D eigenvalue weighted by Gasteiger charge is 2.22. The van der Waals surface area contributed by atoms with Gasteiger partial charge in [-0.25, -0.2) is 8.78 Å². The molecule has 20 nitrogen and oxygen atoms in total. The van der Waals surface area contributed by atoms with Crippen molar-refractivity contribution in [1.29, 1.82) is 0 Å². The first-order valence-corrected chi connectivity index (χ1v) is 51.1. The molecule has 3 aliphatic heterocycles. The maximum Gasteiger partial charge on any atom is 0.253 e. The van der Waals surface area contributed by atoms with Crippen molar-refractivity contribution in [1.82, 2.24) is 51.2 Å². The van der Waals surface area contributed by atoms with E-state index in [9.17, 15) is 32.8 Å². The van der Waals surface area contributed by atoms with E-state index in [1.165, 1.54) is 85.5 Å². The minimum atomic E-state index is -0.455. The van der Waals surface area contributed by atoms with Gasteiger partial charge in [-0.3, -0.25) is 29.0 Å². The van der Waals surface area contributed by atoms with E-state index in [1.54, 1.807) is 36.7 Å². The number of halogens is 10. The molecule has 0 spiro atoms. The lowest BCUT2D eigenvalue weighted by Gasteiger charge is -2.26. The third-order valence-electron chi connectivity index (χ3n) is 21.9. The molecule has 10 N–H and O–H groups in total. The molecular weight excluding hydrogens is 2370 g/mol. The summed E-state index contributed by atoms with van der Waals surface area (Å²) in [7, 11) is 4.04. The van der Waals surface area contributed by atoms with Crippen molar-refractivity contribution in [3.8, 4) is 0 Å². The highest BCUT2D eigenvalue weighted by molar-refractivity contribution is 14.1. The standard InChI is InChI=1S/2C21H25BrIN3O.C20H17FIN3O.C20H23FIN3O.C19H23ClIN3O/c1-15-13-17(23)6-8-19(15)25-20-7-5-16(22)14-18(20)21(27)24-9-12-26-10-3-2-4-11-26;1-2-15-13-17(23)6-8-19(15)25-20-7-5-16(22)14-18(20)21(27)24-9-12-26-10-3-4-11-26;1-13-10-16(22)3-5-18(13)25-19-4-2-15(21)11-17(19)20(26)24-12-14-6-8-23-9-7-14;1-14-12-16(22)5-7-18(14)24-19-6-4-15(21)13-17(19)20(26)23-8-11-25-9-2-3-10-25;1-13-11-15(21)6-8-17(13)23-18-7-5-14(20)12-16(18)19(25)22-9-4-10-24(2)3/h2*5-8,13-14,25H,2-4,9-12H2,1H3,(H,24,27);2-11,25H,12H2,1H3,(H,24,26);4-7,12-13,24H,2-3,8-11H2,1H3,(H,23,26);5-8,11-12,23H,4,9-10H2,1-3H3,(H,22,25). The van der Waals surface area contributed by atoms with Gasteiger partial charge in [0.2, 0.25) is 0 Å². The van der Waals surface area contributed by atoms with Crippen LogP contribution in [0.2, 0.25) is 5.02 Å². The van der Waals surface area contributed by atoms with Crippen LogP contribution in [0.15, 0.2) is 215 Å². The summed E-state index contributed by atoms with van der Waals surface area (Å²) in [6, 6.07) is 59.7. The number of carbonyl (C=O) groups is 5. The Morgan fingerprint density at radius 2 is 0.679 bits per heavy atom. The number of carbonyl (C=O) groups excluding carboxylic acids is 5. The van der Waals surface area contributed by atoms with Gasteiger partial charge in [0.1, 0.15) is 11.6 Å². The Morgan fingerprint density at radius 3 is 1.05 bits per heavy atom. The van der Waals surface area contributed by atoms with Crippen molar-refractivity contribution in [3.05, 3.63) is 311 Å². The van der Waals surface area contributed by atoms with Gasteiger partial charge in [-0.15, -0.1) is 0 Å². The number of nitrogens with one attached hydrogen (secondary N) is 10. The van der Waals surface area contributed by atoms with E-state index in [-0.39, 0.29) is 35.1 Å². The van der Waals surface area contributed by atoms with Gasteiger partial charge in [0.25, 0.3) is 29.5 Å². The molecule has 10 aromatic carbocycles. The number of anilines is 10. The molecule has 0 saturated carbocycles. The highest BCUT2D eigenvalue weighted by atomic mass is 127. The molecule has 0 bridgehead atoms. The Kier molecular flexibility index (Phi) is 44.0. The predicted molar refractivity (Wildman–Crippen MR) is 583 cm³/mol. The zero-order valence-electron chi connectivity index (χ0n) is 74.7. The fourth-order valence-electron chi connectivity index (χ4n) is 14.8. The summed E-state index contributed by atoms with van der Waals surface area (Å²) in [4.78, 5) is 76.5. The molecule has 11 aromatic rings. The minimum absolute atomic E-state index is 0.0402. The molecule has 0 radical (unpaired) electrons. The van der Waals surface area contributed by atoms with Crippen LogP contribution in [0.25, 0.3) is 0 Å². The summed E-state index contributed by atoms with van der Waals surface area (Å²) in [5, 5.41) is 32.1. The molecule has 3 saturated heterocycles. The third kappa shape index (κ3) is 35.2. The number of piperidine rings is 1. The van der Waals surface area contributed by atoms with Crippen LogP contribution >= 0.6 is 156 Å². The average Bonchev–Trinajstić information content (AvgIpc) is 0.942. The largest absolute Gasteiger partial charge is 0.355 e. The Bertz CT molecular complexity index is 5680. The van der Waals surface area contributed by atoms with Crippen LogP contribution in [0.5, 0.6) is 0 Å². The number of amides is 5. The normalized spacial score (nSPS) is 13.0. The Hall–Kier alpha value is -7.70. The molecule has 0 aliphatic carbocycles. The molecule has 0 unspecified atom stereocenters. The molecule has 1 aromatic heterocycles. The van der Waals surface area contributed by atoms with E-state index >= 15 is 0 Å². The molecule has 0 atom stereocenters. The average molecular weight is 2480 g/mol. The van der Waals surface area contributed by atoms with Gasteiger partial charge in [-0.05, 0) is 479 Å². The number of nitrogens with zero attached hydrogens (tertiary/aromatic N) is 5. The molecule has 131 heavy (non-hydrogen) atoms. The van der Waals surface area contributed by atoms with E-state index in [2.05, 4.69) is 285 Å². The first kappa shape index (κ1) is 105.